The number of nitrogens with zero attached hydrogens (tertiary/aromatic N) is 3. The zero-order valence-electron chi connectivity index (χ0n) is 22.3. The summed E-state index contributed by atoms with van der Waals surface area (Å²) in [5, 5.41) is 3.33. The summed E-state index contributed by atoms with van der Waals surface area (Å²) in [6.07, 6.45) is 1.60. The minimum atomic E-state index is -3.82. The van der Waals surface area contributed by atoms with Crippen LogP contribution in [0.3, 0.4) is 0 Å². The molecule has 2 heterocycles. The van der Waals surface area contributed by atoms with E-state index in [-0.39, 0.29) is 31.4 Å². The Morgan fingerprint density at radius 1 is 1.17 bits per heavy atom. The fraction of sp³-hybridized carbons (Fsp3) is 0.720. The quantitative estimate of drug-likeness (QED) is 0.500. The summed E-state index contributed by atoms with van der Waals surface area (Å²) in [6.45, 7) is 7.73. The molecule has 2 fully saturated rings. The molecule has 0 aromatic heterocycles. The van der Waals surface area contributed by atoms with Crippen molar-refractivity contribution in [3.63, 3.8) is 0 Å². The van der Waals surface area contributed by atoms with E-state index in [9.17, 15) is 13.2 Å². The summed E-state index contributed by atoms with van der Waals surface area (Å²) >= 11 is 0. The van der Waals surface area contributed by atoms with Gasteiger partial charge in [-0.25, -0.2) is 4.79 Å². The molecule has 10 nitrogen and oxygen atoms in total. The third kappa shape index (κ3) is 6.89. The number of benzene rings is 1. The lowest BCUT2D eigenvalue weighted by Crippen LogP contribution is -2.54. The monoisotopic (exact) mass is 526 g/mol. The molecule has 1 aromatic carbocycles. The highest BCUT2D eigenvalue weighted by molar-refractivity contribution is 7.86. The minimum absolute atomic E-state index is 0.0752. The van der Waals surface area contributed by atoms with Crippen molar-refractivity contribution in [2.75, 3.05) is 40.9 Å². The van der Waals surface area contributed by atoms with Gasteiger partial charge in [0, 0.05) is 26.7 Å². The number of rotatable bonds is 10. The van der Waals surface area contributed by atoms with Crippen molar-refractivity contribution in [2.45, 2.75) is 76.9 Å². The maximum atomic E-state index is 13.6. The lowest BCUT2D eigenvalue weighted by atomic mass is 10.1. The van der Waals surface area contributed by atoms with Crippen LogP contribution < -0.4 is 10.1 Å². The number of hydrogen-bond acceptors (Lipinski definition) is 7. The number of carbonyl (C=O) groups excluding carboxylic acids is 1. The van der Waals surface area contributed by atoms with Gasteiger partial charge in [-0.3, -0.25) is 4.90 Å². The molecule has 3 rings (SSSR count). The zero-order chi connectivity index (χ0) is 26.5. The molecule has 11 heteroatoms. The third-order valence-corrected chi connectivity index (χ3v) is 8.74. The molecule has 0 radical (unpaired) electrons. The first-order chi connectivity index (χ1) is 17.0. The van der Waals surface area contributed by atoms with Crippen molar-refractivity contribution in [3.8, 4) is 5.75 Å². The van der Waals surface area contributed by atoms with E-state index in [1.54, 1.807) is 12.0 Å². The summed E-state index contributed by atoms with van der Waals surface area (Å²) in [5.74, 6) is 0.700. The largest absolute Gasteiger partial charge is 0.497 e. The normalized spacial score (nSPS) is 23.6. The molecule has 1 N–H and O–H groups in total. The number of piperidine rings is 1. The Kier molecular flexibility index (Phi) is 9.99. The highest BCUT2D eigenvalue weighted by Gasteiger charge is 2.49. The lowest BCUT2D eigenvalue weighted by Gasteiger charge is -2.37. The van der Waals surface area contributed by atoms with Gasteiger partial charge in [-0.2, -0.15) is 17.0 Å². The molecule has 1 aromatic rings. The molecular weight excluding hydrogens is 484 g/mol. The predicted octanol–water partition coefficient (Wildman–Crippen LogP) is 2.45. The Morgan fingerprint density at radius 3 is 2.36 bits per heavy atom. The fourth-order valence-corrected chi connectivity index (χ4v) is 6.20. The molecule has 3 atom stereocenters. The van der Waals surface area contributed by atoms with E-state index in [1.165, 1.54) is 22.7 Å². The van der Waals surface area contributed by atoms with Crippen LogP contribution in [0.5, 0.6) is 5.75 Å². The first-order valence-corrected chi connectivity index (χ1v) is 14.1. The Hall–Kier alpha value is -1.92. The number of nitrogens with one attached hydrogen (secondary N) is 1. The number of ether oxygens (including phenoxy) is 3. The maximum Gasteiger partial charge on any atom is 0.410 e. The van der Waals surface area contributed by atoms with E-state index in [0.717, 1.165) is 31.5 Å². The summed E-state index contributed by atoms with van der Waals surface area (Å²) in [6, 6.07) is 6.19. The van der Waals surface area contributed by atoms with E-state index < -0.39 is 28.4 Å². The highest BCUT2D eigenvalue weighted by Crippen LogP contribution is 2.33. The molecule has 2 aliphatic heterocycles. The van der Waals surface area contributed by atoms with Crippen LogP contribution in [0.15, 0.2) is 24.3 Å². The fourth-order valence-electron chi connectivity index (χ4n) is 4.90. The van der Waals surface area contributed by atoms with Crippen LogP contribution in [0.25, 0.3) is 0 Å². The molecule has 2 saturated heterocycles. The van der Waals surface area contributed by atoms with E-state index >= 15 is 0 Å². The second-order valence-electron chi connectivity index (χ2n) is 10.0. The number of amides is 1. The number of carbonyl (C=O) groups is 1. The molecule has 0 spiro atoms. The second-order valence-corrected chi connectivity index (χ2v) is 12.1. The topological polar surface area (TPSA) is 101 Å². The molecule has 1 amide bonds. The van der Waals surface area contributed by atoms with Crippen LogP contribution in [-0.4, -0.2) is 99.3 Å². The Morgan fingerprint density at radius 2 is 1.81 bits per heavy atom. The van der Waals surface area contributed by atoms with Gasteiger partial charge in [0.1, 0.15) is 5.75 Å². The van der Waals surface area contributed by atoms with Gasteiger partial charge in [0.25, 0.3) is 10.2 Å². The summed E-state index contributed by atoms with van der Waals surface area (Å²) < 4.78 is 47.0. The number of likely N-dealkylation sites (tertiary alicyclic amines) is 1. The molecule has 0 unspecified atom stereocenters. The Bertz CT molecular complexity index is 950. The van der Waals surface area contributed by atoms with Gasteiger partial charge in [-0.1, -0.05) is 12.1 Å². The van der Waals surface area contributed by atoms with Crippen molar-refractivity contribution in [1.29, 1.82) is 0 Å². The zero-order valence-corrected chi connectivity index (χ0v) is 23.2. The van der Waals surface area contributed by atoms with Crippen LogP contribution >= 0.6 is 0 Å². The Balaban J connectivity index is 1.94. The van der Waals surface area contributed by atoms with Crippen LogP contribution in [0.4, 0.5) is 4.79 Å². The summed E-state index contributed by atoms with van der Waals surface area (Å²) in [4.78, 5) is 14.8. The van der Waals surface area contributed by atoms with Crippen LogP contribution in [-0.2, 0) is 26.2 Å². The van der Waals surface area contributed by atoms with Gasteiger partial charge in [0.05, 0.1) is 38.0 Å². The van der Waals surface area contributed by atoms with Gasteiger partial charge >= 0.3 is 6.09 Å². The first kappa shape index (κ1) is 28.6. The molecule has 204 valence electrons. The van der Waals surface area contributed by atoms with Crippen molar-refractivity contribution in [1.82, 2.24) is 18.8 Å². The molecule has 0 bridgehead atoms. The second kappa shape index (κ2) is 12.6. The van der Waals surface area contributed by atoms with Gasteiger partial charge in [-0.15, -0.1) is 0 Å². The van der Waals surface area contributed by atoms with E-state index in [1.807, 2.05) is 45.0 Å². The molecule has 0 aliphatic carbocycles. The lowest BCUT2D eigenvalue weighted by molar-refractivity contribution is -0.0140. The van der Waals surface area contributed by atoms with Crippen molar-refractivity contribution >= 4 is 16.3 Å². The van der Waals surface area contributed by atoms with Crippen LogP contribution in [0, 0.1) is 0 Å². The first-order valence-electron chi connectivity index (χ1n) is 12.7. The standard InChI is InChI=1S/C25H42N4O6S/c1-18(2)35-25(30)29-19(3)15-23(24(29)17-34-22-11-13-26-14-12-22)28(36(31,32)27(4)5)16-20-7-9-21(33-6)10-8-20/h7-10,18-19,22-24,26H,11-17H2,1-6H3/t19-,23+,24+/m1/s1. The van der Waals surface area contributed by atoms with Crippen molar-refractivity contribution in [2.24, 2.45) is 0 Å². The third-order valence-electron chi connectivity index (χ3n) is 6.82. The van der Waals surface area contributed by atoms with Gasteiger partial charge in [-0.05, 0) is 70.8 Å². The average molecular weight is 527 g/mol. The predicted molar refractivity (Wildman–Crippen MR) is 138 cm³/mol. The van der Waals surface area contributed by atoms with Gasteiger partial charge < -0.3 is 19.5 Å². The highest BCUT2D eigenvalue weighted by atomic mass is 32.2. The van der Waals surface area contributed by atoms with E-state index in [4.69, 9.17) is 14.2 Å². The Labute approximate surface area is 216 Å². The molecular formula is C25H42N4O6S. The minimum Gasteiger partial charge on any atom is -0.497 e. The summed E-state index contributed by atoms with van der Waals surface area (Å²) in [7, 11) is 0.832. The van der Waals surface area contributed by atoms with E-state index in [2.05, 4.69) is 5.32 Å². The number of hydrogen-bond donors (Lipinski definition) is 1. The van der Waals surface area contributed by atoms with Crippen molar-refractivity contribution < 1.29 is 27.4 Å². The van der Waals surface area contributed by atoms with Crippen LogP contribution in [0.1, 0.15) is 45.6 Å². The molecule has 2 aliphatic rings. The maximum absolute atomic E-state index is 13.6. The number of methoxy groups -OCH3 is 1. The smallest absolute Gasteiger partial charge is 0.410 e. The van der Waals surface area contributed by atoms with Gasteiger partial charge in [0.2, 0.25) is 0 Å². The SMILES string of the molecule is COc1ccc(CN([C@H]2C[C@@H](C)N(C(=O)OC(C)C)[C@H]2COC2CCNCC2)S(=O)(=O)N(C)C)cc1. The molecule has 36 heavy (non-hydrogen) atoms. The summed E-state index contributed by atoms with van der Waals surface area (Å²) in [5.41, 5.74) is 0.829. The molecule has 0 saturated carbocycles. The van der Waals surface area contributed by atoms with E-state index in [0.29, 0.717) is 12.2 Å². The van der Waals surface area contributed by atoms with Crippen molar-refractivity contribution in [3.05, 3.63) is 29.8 Å². The average Bonchev–Trinajstić information content (AvgIpc) is 3.17. The van der Waals surface area contributed by atoms with Crippen LogP contribution in [0.2, 0.25) is 0 Å². The van der Waals surface area contributed by atoms with Gasteiger partial charge in [0.15, 0.2) is 0 Å².